The zero-order chi connectivity index (χ0) is 15.2. The molecule has 0 spiro atoms. The molecule has 0 saturated carbocycles. The minimum absolute atomic E-state index is 0.481. The van der Waals surface area contributed by atoms with Crippen LogP contribution < -0.4 is 5.43 Å². The van der Waals surface area contributed by atoms with Gasteiger partial charge in [-0.2, -0.15) is 5.10 Å². The second-order valence-electron chi connectivity index (χ2n) is 4.89. The summed E-state index contributed by atoms with van der Waals surface area (Å²) in [6, 6.07) is 20.1. The maximum absolute atomic E-state index is 4.51. The molecule has 0 saturated heterocycles. The van der Waals surface area contributed by atoms with Crippen molar-refractivity contribution in [2.75, 3.05) is 5.43 Å². The van der Waals surface area contributed by atoms with E-state index in [-0.39, 0.29) is 0 Å². The molecule has 0 aliphatic carbocycles. The van der Waals surface area contributed by atoms with Crippen molar-refractivity contribution in [2.24, 2.45) is 5.10 Å². The number of anilines is 1. The zero-order valence-electron chi connectivity index (χ0n) is 12.3. The fourth-order valence-corrected chi connectivity index (χ4v) is 2.04. The highest BCUT2D eigenvalue weighted by molar-refractivity contribution is 6.13. The summed E-state index contributed by atoms with van der Waals surface area (Å²) in [4.78, 5) is 8.42. The normalized spacial score (nSPS) is 10.0. The molecule has 0 aliphatic rings. The number of benzene rings is 2. The van der Waals surface area contributed by atoms with Gasteiger partial charge in [0.25, 0.3) is 0 Å². The van der Waals surface area contributed by atoms with Crippen molar-refractivity contribution in [1.82, 2.24) is 9.97 Å². The number of aryl methyl sites for hydroxylation is 1. The lowest BCUT2D eigenvalue weighted by molar-refractivity contribution is 1.09. The first-order valence-corrected chi connectivity index (χ1v) is 7.06. The fourth-order valence-electron chi connectivity index (χ4n) is 2.04. The molecule has 0 fully saturated rings. The molecular formula is C18H16N4. The van der Waals surface area contributed by atoms with Crippen molar-refractivity contribution in [1.29, 1.82) is 0 Å². The molecule has 0 aliphatic heterocycles. The highest BCUT2D eigenvalue weighted by Crippen LogP contribution is 2.11. The van der Waals surface area contributed by atoms with Crippen LogP contribution in [-0.2, 0) is 0 Å². The third-order valence-electron chi connectivity index (χ3n) is 3.14. The molecule has 3 rings (SSSR count). The first-order valence-electron chi connectivity index (χ1n) is 7.06. The maximum atomic E-state index is 4.51. The molecule has 0 unspecified atom stereocenters. The fraction of sp³-hybridized carbons (Fsp3) is 0.0556. The van der Waals surface area contributed by atoms with Crippen molar-refractivity contribution in [3.63, 3.8) is 0 Å². The van der Waals surface area contributed by atoms with Crippen molar-refractivity contribution in [2.45, 2.75) is 6.92 Å². The average Bonchev–Trinajstić information content (AvgIpc) is 2.59. The smallest absolute Gasteiger partial charge is 0.243 e. The van der Waals surface area contributed by atoms with Crippen LogP contribution >= 0.6 is 0 Å². The number of rotatable bonds is 4. The lowest BCUT2D eigenvalue weighted by atomic mass is 10.0. The molecule has 1 N–H and O–H groups in total. The highest BCUT2D eigenvalue weighted by atomic mass is 15.3. The highest BCUT2D eigenvalue weighted by Gasteiger charge is 2.06. The Kier molecular flexibility index (Phi) is 4.20. The van der Waals surface area contributed by atoms with Gasteiger partial charge in [-0.1, -0.05) is 60.7 Å². The van der Waals surface area contributed by atoms with Crippen LogP contribution in [0.2, 0.25) is 0 Å². The van der Waals surface area contributed by atoms with Crippen molar-refractivity contribution in [3.05, 3.63) is 89.7 Å². The van der Waals surface area contributed by atoms with Gasteiger partial charge in [0.2, 0.25) is 5.95 Å². The summed E-state index contributed by atoms with van der Waals surface area (Å²) < 4.78 is 0. The lowest BCUT2D eigenvalue weighted by Crippen LogP contribution is -2.07. The summed E-state index contributed by atoms with van der Waals surface area (Å²) in [6.45, 7) is 1.95. The van der Waals surface area contributed by atoms with Gasteiger partial charge in [0.1, 0.15) is 0 Å². The quantitative estimate of drug-likeness (QED) is 0.589. The van der Waals surface area contributed by atoms with E-state index in [1.807, 2.05) is 67.6 Å². The first-order chi connectivity index (χ1) is 10.8. The SMILES string of the molecule is Cc1cnc(NN=C(c2ccccc2)c2ccccc2)nc1. The Labute approximate surface area is 129 Å². The van der Waals surface area contributed by atoms with Crippen molar-refractivity contribution in [3.8, 4) is 0 Å². The van der Waals surface area contributed by atoms with Gasteiger partial charge in [-0.05, 0) is 12.5 Å². The summed E-state index contributed by atoms with van der Waals surface area (Å²) in [5, 5.41) is 4.51. The van der Waals surface area contributed by atoms with Crippen LogP contribution in [0, 0.1) is 6.92 Å². The minimum Gasteiger partial charge on any atom is -0.245 e. The number of hydrogen-bond acceptors (Lipinski definition) is 4. The Morgan fingerprint density at radius 3 is 1.82 bits per heavy atom. The van der Waals surface area contributed by atoms with E-state index < -0.39 is 0 Å². The second-order valence-corrected chi connectivity index (χ2v) is 4.89. The molecule has 0 amide bonds. The Hall–Kier alpha value is -3.01. The predicted octanol–water partition coefficient (Wildman–Crippen LogP) is 3.65. The van der Waals surface area contributed by atoms with E-state index in [0.29, 0.717) is 5.95 Å². The monoisotopic (exact) mass is 288 g/mol. The van der Waals surface area contributed by atoms with Gasteiger partial charge in [-0.3, -0.25) is 0 Å². The Morgan fingerprint density at radius 2 is 1.32 bits per heavy atom. The van der Waals surface area contributed by atoms with Gasteiger partial charge in [0, 0.05) is 23.5 Å². The van der Waals surface area contributed by atoms with Crippen LogP contribution in [0.1, 0.15) is 16.7 Å². The van der Waals surface area contributed by atoms with E-state index in [2.05, 4.69) is 20.5 Å². The van der Waals surface area contributed by atoms with Gasteiger partial charge in [0.15, 0.2) is 0 Å². The summed E-state index contributed by atoms with van der Waals surface area (Å²) >= 11 is 0. The van der Waals surface area contributed by atoms with E-state index in [9.17, 15) is 0 Å². The van der Waals surface area contributed by atoms with E-state index in [1.54, 1.807) is 12.4 Å². The minimum atomic E-state index is 0.481. The molecule has 3 aromatic rings. The van der Waals surface area contributed by atoms with E-state index >= 15 is 0 Å². The topological polar surface area (TPSA) is 50.2 Å². The molecule has 0 radical (unpaired) electrons. The summed E-state index contributed by atoms with van der Waals surface area (Å²) in [5.41, 5.74) is 6.87. The lowest BCUT2D eigenvalue weighted by Gasteiger charge is -2.07. The van der Waals surface area contributed by atoms with Gasteiger partial charge < -0.3 is 0 Å². The Bertz CT molecular complexity index is 709. The standard InChI is InChI=1S/C18H16N4/c1-14-12-19-18(20-13-14)22-21-17(15-8-4-2-5-9-15)16-10-6-3-7-11-16/h2-13H,1H3,(H,19,20,22). The van der Waals surface area contributed by atoms with E-state index in [4.69, 9.17) is 0 Å². The Balaban J connectivity index is 1.95. The Morgan fingerprint density at radius 1 is 0.818 bits per heavy atom. The van der Waals surface area contributed by atoms with Gasteiger partial charge in [0.05, 0.1) is 5.71 Å². The first kappa shape index (κ1) is 13.9. The molecule has 4 heteroatoms. The molecule has 1 heterocycles. The second kappa shape index (κ2) is 6.63. The molecular weight excluding hydrogens is 272 g/mol. The number of hydrazone groups is 1. The number of hydrogen-bond donors (Lipinski definition) is 1. The largest absolute Gasteiger partial charge is 0.245 e. The molecule has 4 nitrogen and oxygen atoms in total. The third-order valence-corrected chi connectivity index (χ3v) is 3.14. The van der Waals surface area contributed by atoms with Gasteiger partial charge in [-0.25, -0.2) is 15.4 Å². The summed E-state index contributed by atoms with van der Waals surface area (Å²) in [5.74, 6) is 0.481. The van der Waals surface area contributed by atoms with Crippen LogP contribution in [0.4, 0.5) is 5.95 Å². The molecule has 0 bridgehead atoms. The van der Waals surface area contributed by atoms with Crippen LogP contribution in [0.3, 0.4) is 0 Å². The number of nitrogens with zero attached hydrogens (tertiary/aromatic N) is 3. The van der Waals surface area contributed by atoms with Crippen molar-refractivity contribution >= 4 is 11.7 Å². The van der Waals surface area contributed by atoms with Crippen LogP contribution in [0.5, 0.6) is 0 Å². The zero-order valence-corrected chi connectivity index (χ0v) is 12.3. The van der Waals surface area contributed by atoms with Crippen molar-refractivity contribution < 1.29 is 0 Å². The van der Waals surface area contributed by atoms with Crippen LogP contribution in [0.25, 0.3) is 0 Å². The van der Waals surface area contributed by atoms with Crippen LogP contribution in [-0.4, -0.2) is 15.7 Å². The third kappa shape index (κ3) is 3.35. The molecule has 0 atom stereocenters. The predicted molar refractivity (Wildman–Crippen MR) is 88.9 cm³/mol. The summed E-state index contributed by atoms with van der Waals surface area (Å²) in [6.07, 6.45) is 3.52. The molecule has 2 aromatic carbocycles. The van der Waals surface area contributed by atoms with Gasteiger partial charge >= 0.3 is 0 Å². The summed E-state index contributed by atoms with van der Waals surface area (Å²) in [7, 11) is 0. The molecule has 1 aromatic heterocycles. The number of nitrogens with one attached hydrogen (secondary N) is 1. The van der Waals surface area contributed by atoms with E-state index in [0.717, 1.165) is 22.4 Å². The van der Waals surface area contributed by atoms with E-state index in [1.165, 1.54) is 0 Å². The average molecular weight is 288 g/mol. The number of aromatic nitrogens is 2. The van der Waals surface area contributed by atoms with Gasteiger partial charge in [-0.15, -0.1) is 0 Å². The molecule has 22 heavy (non-hydrogen) atoms. The maximum Gasteiger partial charge on any atom is 0.243 e. The van der Waals surface area contributed by atoms with Crippen LogP contribution in [0.15, 0.2) is 78.2 Å². The molecule has 108 valence electrons.